The van der Waals surface area contributed by atoms with Gasteiger partial charge in [-0.05, 0) is 38.8 Å². The van der Waals surface area contributed by atoms with E-state index in [1.165, 1.54) is 6.20 Å². The van der Waals surface area contributed by atoms with Gasteiger partial charge >= 0.3 is 5.97 Å². The standard InChI is InChI=1S/C17H22N4O2/c1-12(2)21-9-7-18-16(21)14-4-3-8-20(11-14)15-6-5-13(10-19-15)17(22)23/h5-7,9-10,12,14H,3-4,8,11H2,1-2H3,(H,22,23). The summed E-state index contributed by atoms with van der Waals surface area (Å²) in [5.74, 6) is 1.40. The topological polar surface area (TPSA) is 71.2 Å². The smallest absolute Gasteiger partial charge is 0.337 e. The molecule has 0 aliphatic carbocycles. The molecular weight excluding hydrogens is 292 g/mol. The van der Waals surface area contributed by atoms with Gasteiger partial charge in [-0.2, -0.15) is 0 Å². The van der Waals surface area contributed by atoms with Crippen LogP contribution in [0.25, 0.3) is 0 Å². The minimum absolute atomic E-state index is 0.220. The van der Waals surface area contributed by atoms with Crippen LogP contribution in [0.4, 0.5) is 5.82 Å². The van der Waals surface area contributed by atoms with Crippen molar-refractivity contribution in [2.75, 3.05) is 18.0 Å². The molecule has 0 radical (unpaired) electrons. The molecule has 0 aromatic carbocycles. The van der Waals surface area contributed by atoms with Crippen LogP contribution in [0, 0.1) is 0 Å². The van der Waals surface area contributed by atoms with E-state index in [-0.39, 0.29) is 5.56 Å². The molecule has 3 heterocycles. The normalized spacial score (nSPS) is 18.4. The number of piperidine rings is 1. The molecule has 1 aliphatic rings. The van der Waals surface area contributed by atoms with Crippen molar-refractivity contribution in [2.45, 2.75) is 38.6 Å². The summed E-state index contributed by atoms with van der Waals surface area (Å²) in [7, 11) is 0. The third-order valence-electron chi connectivity index (χ3n) is 4.36. The van der Waals surface area contributed by atoms with E-state index in [0.29, 0.717) is 12.0 Å². The van der Waals surface area contributed by atoms with Gasteiger partial charge in [0, 0.05) is 43.6 Å². The Balaban J connectivity index is 1.78. The largest absolute Gasteiger partial charge is 0.478 e. The second kappa shape index (κ2) is 6.40. The van der Waals surface area contributed by atoms with E-state index < -0.39 is 5.97 Å². The Morgan fingerprint density at radius 2 is 2.17 bits per heavy atom. The molecule has 0 spiro atoms. The highest BCUT2D eigenvalue weighted by Gasteiger charge is 2.26. The zero-order valence-electron chi connectivity index (χ0n) is 13.5. The van der Waals surface area contributed by atoms with Crippen LogP contribution in [0.5, 0.6) is 0 Å². The van der Waals surface area contributed by atoms with E-state index in [1.54, 1.807) is 12.1 Å². The van der Waals surface area contributed by atoms with E-state index in [2.05, 4.69) is 33.3 Å². The van der Waals surface area contributed by atoms with Crippen LogP contribution in [-0.4, -0.2) is 38.7 Å². The van der Waals surface area contributed by atoms with Gasteiger partial charge in [-0.3, -0.25) is 0 Å². The van der Waals surface area contributed by atoms with Crippen LogP contribution in [-0.2, 0) is 0 Å². The van der Waals surface area contributed by atoms with Crippen LogP contribution in [0.2, 0.25) is 0 Å². The number of imidazole rings is 1. The second-order valence-electron chi connectivity index (χ2n) is 6.28. The van der Waals surface area contributed by atoms with E-state index in [9.17, 15) is 4.79 Å². The fraction of sp³-hybridized carbons (Fsp3) is 0.471. The molecule has 2 aromatic rings. The van der Waals surface area contributed by atoms with Crippen molar-refractivity contribution in [3.8, 4) is 0 Å². The van der Waals surface area contributed by atoms with Gasteiger partial charge in [0.05, 0.1) is 5.56 Å². The molecule has 1 N–H and O–H groups in total. The van der Waals surface area contributed by atoms with Gasteiger partial charge in [-0.1, -0.05) is 0 Å². The minimum atomic E-state index is -0.945. The van der Waals surface area contributed by atoms with E-state index in [4.69, 9.17) is 5.11 Å². The SMILES string of the molecule is CC(C)n1ccnc1C1CCCN(c2ccc(C(=O)O)cn2)C1. The van der Waals surface area contributed by atoms with Gasteiger partial charge < -0.3 is 14.6 Å². The van der Waals surface area contributed by atoms with Crippen LogP contribution in [0.15, 0.2) is 30.7 Å². The molecule has 1 aliphatic heterocycles. The van der Waals surface area contributed by atoms with Crippen LogP contribution >= 0.6 is 0 Å². The number of pyridine rings is 1. The minimum Gasteiger partial charge on any atom is -0.478 e. The van der Waals surface area contributed by atoms with Gasteiger partial charge in [-0.15, -0.1) is 0 Å². The van der Waals surface area contributed by atoms with Crippen molar-refractivity contribution in [1.29, 1.82) is 0 Å². The van der Waals surface area contributed by atoms with Crippen LogP contribution < -0.4 is 4.90 Å². The predicted octanol–water partition coefficient (Wildman–Crippen LogP) is 2.94. The summed E-state index contributed by atoms with van der Waals surface area (Å²) in [5.41, 5.74) is 0.220. The molecule has 23 heavy (non-hydrogen) atoms. The Hall–Kier alpha value is -2.37. The van der Waals surface area contributed by atoms with Crippen molar-refractivity contribution in [1.82, 2.24) is 14.5 Å². The number of aromatic carboxylic acids is 1. The number of anilines is 1. The van der Waals surface area contributed by atoms with E-state index in [0.717, 1.165) is 37.6 Å². The summed E-state index contributed by atoms with van der Waals surface area (Å²) in [5, 5.41) is 8.97. The first-order chi connectivity index (χ1) is 11.1. The highest BCUT2D eigenvalue weighted by Crippen LogP contribution is 2.29. The number of carboxylic acids is 1. The Bertz CT molecular complexity index is 678. The Morgan fingerprint density at radius 1 is 1.35 bits per heavy atom. The Morgan fingerprint density at radius 3 is 2.83 bits per heavy atom. The van der Waals surface area contributed by atoms with Crippen LogP contribution in [0.3, 0.4) is 0 Å². The van der Waals surface area contributed by atoms with Gasteiger partial charge in [0.2, 0.25) is 0 Å². The quantitative estimate of drug-likeness (QED) is 0.939. The summed E-state index contributed by atoms with van der Waals surface area (Å²) in [6.07, 6.45) is 7.54. The molecule has 0 bridgehead atoms. The monoisotopic (exact) mass is 314 g/mol. The lowest BCUT2D eigenvalue weighted by atomic mass is 9.97. The molecular formula is C17H22N4O2. The molecule has 0 saturated carbocycles. The highest BCUT2D eigenvalue weighted by atomic mass is 16.4. The van der Waals surface area contributed by atoms with Gasteiger partial charge in [0.25, 0.3) is 0 Å². The first-order valence-electron chi connectivity index (χ1n) is 8.03. The maximum absolute atomic E-state index is 10.9. The molecule has 6 nitrogen and oxygen atoms in total. The first kappa shape index (κ1) is 15.5. The zero-order chi connectivity index (χ0) is 16.4. The van der Waals surface area contributed by atoms with Crippen molar-refractivity contribution < 1.29 is 9.90 Å². The molecule has 2 aromatic heterocycles. The number of hydrogen-bond donors (Lipinski definition) is 1. The molecule has 1 saturated heterocycles. The fourth-order valence-electron chi connectivity index (χ4n) is 3.17. The fourth-order valence-corrected chi connectivity index (χ4v) is 3.17. The maximum Gasteiger partial charge on any atom is 0.337 e. The lowest BCUT2D eigenvalue weighted by Crippen LogP contribution is -2.36. The predicted molar refractivity (Wildman–Crippen MR) is 88.0 cm³/mol. The number of rotatable bonds is 4. The highest BCUT2D eigenvalue weighted by molar-refractivity contribution is 5.87. The van der Waals surface area contributed by atoms with Crippen molar-refractivity contribution in [3.05, 3.63) is 42.1 Å². The Kier molecular flexibility index (Phi) is 4.32. The van der Waals surface area contributed by atoms with E-state index >= 15 is 0 Å². The third-order valence-corrected chi connectivity index (χ3v) is 4.36. The number of carbonyl (C=O) groups is 1. The molecule has 1 unspecified atom stereocenters. The summed E-state index contributed by atoms with van der Waals surface area (Å²) in [4.78, 5) is 22.0. The average molecular weight is 314 g/mol. The lowest BCUT2D eigenvalue weighted by Gasteiger charge is -2.33. The third kappa shape index (κ3) is 3.21. The summed E-state index contributed by atoms with van der Waals surface area (Å²) in [6.45, 7) is 6.14. The molecule has 1 atom stereocenters. The molecule has 1 fully saturated rings. The van der Waals surface area contributed by atoms with Gasteiger partial charge in [-0.25, -0.2) is 14.8 Å². The number of hydrogen-bond acceptors (Lipinski definition) is 4. The molecule has 122 valence electrons. The zero-order valence-corrected chi connectivity index (χ0v) is 13.5. The first-order valence-corrected chi connectivity index (χ1v) is 8.03. The van der Waals surface area contributed by atoms with Crippen molar-refractivity contribution in [3.63, 3.8) is 0 Å². The molecule has 3 rings (SSSR count). The lowest BCUT2D eigenvalue weighted by molar-refractivity contribution is 0.0696. The average Bonchev–Trinajstić information content (AvgIpc) is 3.05. The van der Waals surface area contributed by atoms with Gasteiger partial charge in [0.15, 0.2) is 0 Å². The summed E-state index contributed by atoms with van der Waals surface area (Å²) < 4.78 is 2.23. The Labute approximate surface area is 135 Å². The summed E-state index contributed by atoms with van der Waals surface area (Å²) in [6, 6.07) is 3.81. The number of aromatic nitrogens is 3. The number of nitrogens with zero attached hydrogens (tertiary/aromatic N) is 4. The van der Waals surface area contributed by atoms with E-state index in [1.807, 2.05) is 12.4 Å². The van der Waals surface area contributed by atoms with Crippen molar-refractivity contribution in [2.24, 2.45) is 0 Å². The van der Waals surface area contributed by atoms with Crippen molar-refractivity contribution >= 4 is 11.8 Å². The second-order valence-corrected chi connectivity index (χ2v) is 6.28. The maximum atomic E-state index is 10.9. The summed E-state index contributed by atoms with van der Waals surface area (Å²) >= 11 is 0. The number of carboxylic acid groups (broad SMARTS) is 1. The van der Waals surface area contributed by atoms with Crippen LogP contribution in [0.1, 0.15) is 54.8 Å². The molecule has 6 heteroatoms. The van der Waals surface area contributed by atoms with Gasteiger partial charge in [0.1, 0.15) is 11.6 Å². The molecule has 0 amide bonds.